The van der Waals surface area contributed by atoms with Gasteiger partial charge in [-0.2, -0.15) is 0 Å². The SMILES string of the molecule is CCN(CC)C(=O)CCCCCCn1ccnc1. The van der Waals surface area contributed by atoms with Crippen LogP contribution in [0.25, 0.3) is 0 Å². The first-order valence-corrected chi connectivity index (χ1v) is 7.01. The van der Waals surface area contributed by atoms with E-state index in [4.69, 9.17) is 0 Å². The van der Waals surface area contributed by atoms with E-state index >= 15 is 0 Å². The summed E-state index contributed by atoms with van der Waals surface area (Å²) in [5, 5.41) is 0. The Morgan fingerprint density at radius 1 is 1.17 bits per heavy atom. The molecule has 0 saturated heterocycles. The fraction of sp³-hybridized carbons (Fsp3) is 0.714. The van der Waals surface area contributed by atoms with Crippen LogP contribution in [0.15, 0.2) is 18.7 Å². The molecule has 0 aliphatic rings. The lowest BCUT2D eigenvalue weighted by atomic mass is 10.1. The number of carbonyl (C=O) groups is 1. The largest absolute Gasteiger partial charge is 0.343 e. The van der Waals surface area contributed by atoms with Gasteiger partial charge in [0.25, 0.3) is 0 Å². The molecule has 18 heavy (non-hydrogen) atoms. The first-order chi connectivity index (χ1) is 8.77. The Kier molecular flexibility index (Phi) is 7.14. The molecule has 0 radical (unpaired) electrons. The number of unbranched alkanes of at least 4 members (excludes halogenated alkanes) is 3. The number of hydrogen-bond acceptors (Lipinski definition) is 2. The Morgan fingerprint density at radius 3 is 2.50 bits per heavy atom. The second-order valence-corrected chi connectivity index (χ2v) is 4.53. The van der Waals surface area contributed by atoms with Crippen LogP contribution < -0.4 is 0 Å². The Labute approximate surface area is 110 Å². The number of amides is 1. The Hall–Kier alpha value is -1.32. The van der Waals surface area contributed by atoms with Gasteiger partial charge in [-0.05, 0) is 26.7 Å². The highest BCUT2D eigenvalue weighted by atomic mass is 16.2. The predicted molar refractivity (Wildman–Crippen MR) is 73.2 cm³/mol. The van der Waals surface area contributed by atoms with Crippen LogP contribution in [0.5, 0.6) is 0 Å². The molecule has 0 aliphatic carbocycles. The number of rotatable bonds is 9. The third-order valence-corrected chi connectivity index (χ3v) is 3.23. The van der Waals surface area contributed by atoms with Crippen molar-refractivity contribution in [3.05, 3.63) is 18.7 Å². The van der Waals surface area contributed by atoms with Gasteiger partial charge in [0.2, 0.25) is 5.91 Å². The summed E-state index contributed by atoms with van der Waals surface area (Å²) in [5.41, 5.74) is 0. The standard InChI is InChI=1S/C14H25N3O/c1-3-17(4-2)14(18)9-7-5-6-8-11-16-12-10-15-13-16/h10,12-13H,3-9,11H2,1-2H3. The zero-order chi connectivity index (χ0) is 13.2. The van der Waals surface area contributed by atoms with Crippen molar-refractivity contribution in [2.45, 2.75) is 52.5 Å². The van der Waals surface area contributed by atoms with Crippen molar-refractivity contribution < 1.29 is 4.79 Å². The van der Waals surface area contributed by atoms with Crippen molar-refractivity contribution in [2.24, 2.45) is 0 Å². The summed E-state index contributed by atoms with van der Waals surface area (Å²) in [6.45, 7) is 6.76. The Balaban J connectivity index is 2.00. The van der Waals surface area contributed by atoms with E-state index in [1.54, 1.807) is 0 Å². The molecule has 102 valence electrons. The second kappa shape index (κ2) is 8.72. The molecule has 1 heterocycles. The van der Waals surface area contributed by atoms with E-state index in [1.165, 1.54) is 6.42 Å². The molecule has 0 fully saturated rings. The molecule has 4 heteroatoms. The predicted octanol–water partition coefficient (Wildman–Crippen LogP) is 2.70. The minimum absolute atomic E-state index is 0.301. The van der Waals surface area contributed by atoms with E-state index in [2.05, 4.69) is 9.55 Å². The van der Waals surface area contributed by atoms with Crippen molar-refractivity contribution in [1.82, 2.24) is 14.5 Å². The average molecular weight is 251 g/mol. The van der Waals surface area contributed by atoms with Crippen LogP contribution in [0.4, 0.5) is 0 Å². The minimum Gasteiger partial charge on any atom is -0.343 e. The highest BCUT2D eigenvalue weighted by Crippen LogP contribution is 2.06. The maximum atomic E-state index is 11.7. The van der Waals surface area contributed by atoms with Crippen LogP contribution >= 0.6 is 0 Å². The van der Waals surface area contributed by atoms with Gasteiger partial charge in [-0.15, -0.1) is 0 Å². The van der Waals surface area contributed by atoms with Crippen LogP contribution in [0.3, 0.4) is 0 Å². The van der Waals surface area contributed by atoms with Crippen LogP contribution in [-0.4, -0.2) is 33.4 Å². The van der Waals surface area contributed by atoms with Gasteiger partial charge >= 0.3 is 0 Å². The number of nitrogens with zero attached hydrogens (tertiary/aromatic N) is 3. The van der Waals surface area contributed by atoms with Crippen molar-refractivity contribution in [1.29, 1.82) is 0 Å². The van der Waals surface area contributed by atoms with Crippen LogP contribution in [0.1, 0.15) is 46.0 Å². The lowest BCUT2D eigenvalue weighted by molar-refractivity contribution is -0.130. The number of aryl methyl sites for hydroxylation is 1. The van der Waals surface area contributed by atoms with Crippen molar-refractivity contribution >= 4 is 5.91 Å². The van der Waals surface area contributed by atoms with E-state index in [-0.39, 0.29) is 0 Å². The molecule has 0 spiro atoms. The smallest absolute Gasteiger partial charge is 0.222 e. The second-order valence-electron chi connectivity index (χ2n) is 4.53. The van der Waals surface area contributed by atoms with Crippen LogP contribution in [-0.2, 0) is 11.3 Å². The van der Waals surface area contributed by atoms with Gasteiger partial charge in [0.1, 0.15) is 0 Å². The maximum Gasteiger partial charge on any atom is 0.222 e. The number of hydrogen-bond donors (Lipinski definition) is 0. The summed E-state index contributed by atoms with van der Waals surface area (Å²) in [5.74, 6) is 0.301. The van der Waals surface area contributed by atoms with Gasteiger partial charge in [0.05, 0.1) is 6.33 Å². The van der Waals surface area contributed by atoms with Crippen molar-refractivity contribution in [2.75, 3.05) is 13.1 Å². The van der Waals surface area contributed by atoms with Gasteiger partial charge in [0.15, 0.2) is 0 Å². The molecule has 0 unspecified atom stereocenters. The third kappa shape index (κ3) is 5.34. The first-order valence-electron chi connectivity index (χ1n) is 7.01. The Morgan fingerprint density at radius 2 is 1.89 bits per heavy atom. The van der Waals surface area contributed by atoms with Crippen LogP contribution in [0.2, 0.25) is 0 Å². The van der Waals surface area contributed by atoms with Crippen LogP contribution in [0, 0.1) is 0 Å². The average Bonchev–Trinajstić information content (AvgIpc) is 2.88. The molecule has 4 nitrogen and oxygen atoms in total. The molecule has 0 saturated carbocycles. The number of carbonyl (C=O) groups excluding carboxylic acids is 1. The minimum atomic E-state index is 0.301. The molecule has 0 aliphatic heterocycles. The monoisotopic (exact) mass is 251 g/mol. The molecule has 0 bridgehead atoms. The first kappa shape index (κ1) is 14.7. The summed E-state index contributed by atoms with van der Waals surface area (Å²) < 4.78 is 2.10. The van der Waals surface area contributed by atoms with Gasteiger partial charge in [-0.3, -0.25) is 4.79 Å². The summed E-state index contributed by atoms with van der Waals surface area (Å²) >= 11 is 0. The topological polar surface area (TPSA) is 38.1 Å². The summed E-state index contributed by atoms with van der Waals surface area (Å²) in [6.07, 6.45) is 10.9. The zero-order valence-electron chi connectivity index (χ0n) is 11.6. The number of imidazole rings is 1. The molecule has 0 atom stereocenters. The van der Waals surface area contributed by atoms with Gasteiger partial charge < -0.3 is 9.47 Å². The highest BCUT2D eigenvalue weighted by Gasteiger charge is 2.07. The van der Waals surface area contributed by atoms with Gasteiger partial charge in [0, 0.05) is 38.4 Å². The van der Waals surface area contributed by atoms with E-state index in [1.807, 2.05) is 37.5 Å². The van der Waals surface area contributed by atoms with E-state index in [9.17, 15) is 4.79 Å². The van der Waals surface area contributed by atoms with Gasteiger partial charge in [-0.1, -0.05) is 12.8 Å². The molecule has 1 rings (SSSR count). The molecule has 1 aromatic heterocycles. The fourth-order valence-electron chi connectivity index (χ4n) is 2.08. The third-order valence-electron chi connectivity index (χ3n) is 3.23. The van der Waals surface area contributed by atoms with Crippen molar-refractivity contribution in [3.8, 4) is 0 Å². The molecular weight excluding hydrogens is 226 g/mol. The van der Waals surface area contributed by atoms with Gasteiger partial charge in [-0.25, -0.2) is 4.98 Å². The molecule has 0 aromatic carbocycles. The number of aromatic nitrogens is 2. The lowest BCUT2D eigenvalue weighted by Crippen LogP contribution is -2.30. The molecular formula is C14H25N3O. The maximum absolute atomic E-state index is 11.7. The Bertz CT molecular complexity index is 318. The highest BCUT2D eigenvalue weighted by molar-refractivity contribution is 5.75. The van der Waals surface area contributed by atoms with E-state index in [0.29, 0.717) is 12.3 Å². The quantitative estimate of drug-likeness (QED) is 0.633. The zero-order valence-corrected chi connectivity index (χ0v) is 11.6. The molecule has 1 amide bonds. The summed E-state index contributed by atoms with van der Waals surface area (Å²) in [7, 11) is 0. The summed E-state index contributed by atoms with van der Waals surface area (Å²) in [6, 6.07) is 0. The molecule has 0 N–H and O–H groups in total. The summed E-state index contributed by atoms with van der Waals surface area (Å²) in [4.78, 5) is 17.7. The normalized spacial score (nSPS) is 10.6. The van der Waals surface area contributed by atoms with E-state index in [0.717, 1.165) is 38.9 Å². The van der Waals surface area contributed by atoms with E-state index < -0.39 is 0 Å². The fourth-order valence-corrected chi connectivity index (χ4v) is 2.08. The van der Waals surface area contributed by atoms with Crippen molar-refractivity contribution in [3.63, 3.8) is 0 Å². The lowest BCUT2D eigenvalue weighted by Gasteiger charge is -2.18. The molecule has 1 aromatic rings.